The van der Waals surface area contributed by atoms with E-state index in [9.17, 15) is 18.8 Å². The zero-order chi connectivity index (χ0) is 22.1. The lowest BCUT2D eigenvalue weighted by Crippen LogP contribution is -2.34. The van der Waals surface area contributed by atoms with Gasteiger partial charge in [0.1, 0.15) is 5.82 Å². The van der Waals surface area contributed by atoms with Crippen LogP contribution in [0.15, 0.2) is 78.9 Å². The van der Waals surface area contributed by atoms with Crippen LogP contribution in [-0.2, 0) is 11.2 Å². The predicted octanol–water partition coefficient (Wildman–Crippen LogP) is 3.17. The summed E-state index contributed by atoms with van der Waals surface area (Å²) < 4.78 is 12.9. The summed E-state index contributed by atoms with van der Waals surface area (Å²) in [6.45, 7) is 0.588. The highest BCUT2D eigenvalue weighted by Crippen LogP contribution is 2.11. The molecule has 3 rings (SSSR count). The Balaban J connectivity index is 1.41. The van der Waals surface area contributed by atoms with Gasteiger partial charge in [0.15, 0.2) is 0 Å². The molecular weight excluding hydrogens is 397 g/mol. The first kappa shape index (κ1) is 21.7. The molecular formula is C24H22FN3O3. The van der Waals surface area contributed by atoms with Gasteiger partial charge in [-0.1, -0.05) is 30.3 Å². The van der Waals surface area contributed by atoms with Crippen LogP contribution in [0.1, 0.15) is 26.3 Å². The third kappa shape index (κ3) is 6.78. The number of halogens is 1. The number of hydrogen-bond acceptors (Lipinski definition) is 3. The van der Waals surface area contributed by atoms with E-state index in [1.54, 1.807) is 60.7 Å². The molecule has 158 valence electrons. The van der Waals surface area contributed by atoms with Crippen molar-refractivity contribution in [1.82, 2.24) is 10.6 Å². The minimum atomic E-state index is -0.350. The Bertz CT molecular complexity index is 1040. The molecule has 0 aliphatic rings. The second-order valence-electron chi connectivity index (χ2n) is 6.81. The normalized spacial score (nSPS) is 10.2. The van der Waals surface area contributed by atoms with E-state index in [2.05, 4.69) is 16.0 Å². The van der Waals surface area contributed by atoms with E-state index in [1.165, 1.54) is 12.1 Å². The van der Waals surface area contributed by atoms with Crippen molar-refractivity contribution in [3.63, 3.8) is 0 Å². The Morgan fingerprint density at radius 2 is 1.23 bits per heavy atom. The van der Waals surface area contributed by atoms with Gasteiger partial charge in [-0.25, -0.2) is 4.39 Å². The van der Waals surface area contributed by atoms with Gasteiger partial charge in [0.25, 0.3) is 11.8 Å². The van der Waals surface area contributed by atoms with Crippen LogP contribution in [0, 0.1) is 5.82 Å². The van der Waals surface area contributed by atoms with Crippen LogP contribution in [0.5, 0.6) is 0 Å². The van der Waals surface area contributed by atoms with Gasteiger partial charge in [0.05, 0.1) is 6.42 Å². The van der Waals surface area contributed by atoms with Crippen LogP contribution >= 0.6 is 0 Å². The van der Waals surface area contributed by atoms with Crippen molar-refractivity contribution >= 4 is 23.4 Å². The van der Waals surface area contributed by atoms with Crippen molar-refractivity contribution in [2.24, 2.45) is 0 Å². The first-order valence-electron chi connectivity index (χ1n) is 9.77. The molecule has 0 atom stereocenters. The Morgan fingerprint density at radius 1 is 0.677 bits per heavy atom. The molecule has 3 N–H and O–H groups in total. The lowest BCUT2D eigenvalue weighted by molar-refractivity contribution is -0.115. The highest BCUT2D eigenvalue weighted by molar-refractivity contribution is 5.96. The number of hydrogen-bond donors (Lipinski definition) is 3. The summed E-state index contributed by atoms with van der Waals surface area (Å²) in [4.78, 5) is 36.3. The zero-order valence-corrected chi connectivity index (χ0v) is 16.7. The molecule has 0 aliphatic carbocycles. The number of nitrogens with one attached hydrogen (secondary N) is 3. The molecule has 0 aromatic heterocycles. The van der Waals surface area contributed by atoms with Crippen molar-refractivity contribution in [3.8, 4) is 0 Å². The maximum atomic E-state index is 12.9. The van der Waals surface area contributed by atoms with Gasteiger partial charge in [-0.3, -0.25) is 14.4 Å². The molecule has 0 spiro atoms. The van der Waals surface area contributed by atoms with Gasteiger partial charge in [0.2, 0.25) is 5.91 Å². The summed E-state index contributed by atoms with van der Waals surface area (Å²) in [7, 11) is 0. The van der Waals surface area contributed by atoms with Gasteiger partial charge < -0.3 is 16.0 Å². The largest absolute Gasteiger partial charge is 0.350 e. The highest BCUT2D eigenvalue weighted by Gasteiger charge is 2.08. The van der Waals surface area contributed by atoms with Crippen LogP contribution in [-0.4, -0.2) is 30.8 Å². The second-order valence-corrected chi connectivity index (χ2v) is 6.81. The average molecular weight is 419 g/mol. The molecule has 6 nitrogen and oxygen atoms in total. The first-order valence-corrected chi connectivity index (χ1v) is 9.77. The number of carbonyl (C=O) groups excluding carboxylic acids is 3. The minimum absolute atomic E-state index is 0.122. The smallest absolute Gasteiger partial charge is 0.251 e. The summed E-state index contributed by atoms with van der Waals surface area (Å²) >= 11 is 0. The van der Waals surface area contributed by atoms with E-state index in [4.69, 9.17) is 0 Å². The van der Waals surface area contributed by atoms with Crippen molar-refractivity contribution in [1.29, 1.82) is 0 Å². The highest BCUT2D eigenvalue weighted by atomic mass is 19.1. The summed E-state index contributed by atoms with van der Waals surface area (Å²) in [5, 5.41) is 8.21. The first-order chi connectivity index (χ1) is 15.0. The average Bonchev–Trinajstić information content (AvgIpc) is 2.79. The van der Waals surface area contributed by atoms with Crippen LogP contribution in [0.4, 0.5) is 10.1 Å². The molecule has 3 aromatic rings. The summed E-state index contributed by atoms with van der Waals surface area (Å²) in [5.41, 5.74) is 2.25. The zero-order valence-electron chi connectivity index (χ0n) is 16.7. The SMILES string of the molecule is O=C(Cc1ccc(F)cc1)Nc1ccc(C(=O)NCCNC(=O)c2ccccc2)cc1. The molecule has 0 radical (unpaired) electrons. The van der Waals surface area contributed by atoms with Gasteiger partial charge in [-0.2, -0.15) is 0 Å². The second kappa shape index (κ2) is 10.7. The van der Waals surface area contributed by atoms with E-state index in [0.717, 1.165) is 0 Å². The maximum Gasteiger partial charge on any atom is 0.251 e. The van der Waals surface area contributed by atoms with Crippen molar-refractivity contribution in [3.05, 3.63) is 101 Å². The van der Waals surface area contributed by atoms with Crippen molar-refractivity contribution < 1.29 is 18.8 Å². The fraction of sp³-hybridized carbons (Fsp3) is 0.125. The lowest BCUT2D eigenvalue weighted by Gasteiger charge is -2.09. The van der Waals surface area contributed by atoms with Gasteiger partial charge in [0, 0.05) is 29.9 Å². The quantitative estimate of drug-likeness (QED) is 0.490. The molecule has 0 aliphatic heterocycles. The van der Waals surface area contributed by atoms with Crippen LogP contribution < -0.4 is 16.0 Å². The molecule has 3 amide bonds. The monoisotopic (exact) mass is 419 g/mol. The third-order valence-electron chi connectivity index (χ3n) is 4.44. The lowest BCUT2D eigenvalue weighted by atomic mass is 10.1. The van der Waals surface area contributed by atoms with E-state index < -0.39 is 0 Å². The molecule has 0 fully saturated rings. The fourth-order valence-electron chi connectivity index (χ4n) is 2.84. The Labute approximate surface area is 179 Å². The van der Waals surface area contributed by atoms with Crippen molar-refractivity contribution in [2.45, 2.75) is 6.42 Å². The summed E-state index contributed by atoms with van der Waals surface area (Å²) in [6, 6.07) is 21.0. The van der Waals surface area contributed by atoms with E-state index in [1.807, 2.05) is 6.07 Å². The molecule has 7 heteroatoms. The van der Waals surface area contributed by atoms with Crippen molar-refractivity contribution in [2.75, 3.05) is 18.4 Å². The standard InChI is InChI=1S/C24H22FN3O3/c25-20-10-6-17(7-11-20)16-22(29)28-21-12-8-19(9-13-21)24(31)27-15-14-26-23(30)18-4-2-1-3-5-18/h1-13H,14-16H2,(H,26,30)(H,27,31)(H,28,29). The van der Waals surface area contributed by atoms with Crippen LogP contribution in [0.3, 0.4) is 0 Å². The fourth-order valence-corrected chi connectivity index (χ4v) is 2.84. The Hall–Kier alpha value is -4.00. The van der Waals surface area contributed by atoms with Crippen LogP contribution in [0.25, 0.3) is 0 Å². The van der Waals surface area contributed by atoms with E-state index in [-0.39, 0.29) is 36.5 Å². The molecule has 0 saturated carbocycles. The molecule has 0 bridgehead atoms. The molecule has 3 aromatic carbocycles. The summed E-state index contributed by atoms with van der Waals surface area (Å²) in [6.07, 6.45) is 0.122. The number of anilines is 1. The Kier molecular flexibility index (Phi) is 7.48. The molecule has 0 saturated heterocycles. The summed E-state index contributed by atoms with van der Waals surface area (Å²) in [5.74, 6) is -1.07. The van der Waals surface area contributed by atoms with Gasteiger partial charge >= 0.3 is 0 Å². The van der Waals surface area contributed by atoms with Gasteiger partial charge in [-0.15, -0.1) is 0 Å². The number of carbonyl (C=O) groups is 3. The predicted molar refractivity (Wildman–Crippen MR) is 116 cm³/mol. The van der Waals surface area contributed by atoms with E-state index >= 15 is 0 Å². The van der Waals surface area contributed by atoms with Gasteiger partial charge in [-0.05, 0) is 54.1 Å². The number of amides is 3. The molecule has 0 unspecified atom stereocenters. The maximum absolute atomic E-state index is 12.9. The van der Waals surface area contributed by atoms with E-state index in [0.29, 0.717) is 28.9 Å². The Morgan fingerprint density at radius 3 is 1.81 bits per heavy atom. The number of benzene rings is 3. The number of rotatable bonds is 8. The molecule has 31 heavy (non-hydrogen) atoms. The minimum Gasteiger partial charge on any atom is -0.350 e. The molecule has 0 heterocycles. The topological polar surface area (TPSA) is 87.3 Å². The van der Waals surface area contributed by atoms with Crippen LogP contribution in [0.2, 0.25) is 0 Å². The third-order valence-corrected chi connectivity index (χ3v) is 4.44.